The summed E-state index contributed by atoms with van der Waals surface area (Å²) in [7, 11) is 0. The number of benzene rings is 2. The largest absolute Gasteiger partial charge is 0.489 e. The predicted molar refractivity (Wildman–Crippen MR) is 133 cm³/mol. The number of hydrogen-bond acceptors (Lipinski definition) is 5. The van der Waals surface area contributed by atoms with Crippen molar-refractivity contribution < 1.29 is 18.7 Å². The second-order valence-corrected chi connectivity index (χ2v) is 9.68. The Morgan fingerprint density at radius 3 is 2.85 bits per heavy atom. The number of ether oxygens (including phenoxy) is 2. The van der Waals surface area contributed by atoms with E-state index in [1.165, 1.54) is 17.8 Å². The number of carbonyl (C=O) groups excluding carboxylic acids is 1. The first kappa shape index (κ1) is 22.1. The van der Waals surface area contributed by atoms with E-state index in [2.05, 4.69) is 4.57 Å². The molecule has 0 saturated carbocycles. The Bertz CT molecular complexity index is 1230. The van der Waals surface area contributed by atoms with Gasteiger partial charge in [0, 0.05) is 29.3 Å². The van der Waals surface area contributed by atoms with Crippen LogP contribution >= 0.6 is 24.0 Å². The molecule has 0 N–H and O–H groups in total. The molecule has 0 radical (unpaired) electrons. The number of para-hydroxylation sites is 2. The van der Waals surface area contributed by atoms with Gasteiger partial charge in [0.25, 0.3) is 5.91 Å². The van der Waals surface area contributed by atoms with Crippen molar-refractivity contribution >= 4 is 51.2 Å². The highest BCUT2D eigenvalue weighted by Gasteiger charge is 2.34. The molecule has 0 bridgehead atoms. The van der Waals surface area contributed by atoms with E-state index in [9.17, 15) is 9.18 Å². The molecule has 0 unspecified atom stereocenters. The van der Waals surface area contributed by atoms with Crippen molar-refractivity contribution in [1.82, 2.24) is 9.47 Å². The minimum absolute atomic E-state index is 0.0585. The van der Waals surface area contributed by atoms with Crippen LogP contribution in [0.1, 0.15) is 18.4 Å². The summed E-state index contributed by atoms with van der Waals surface area (Å²) in [5.74, 6) is -0.204. The summed E-state index contributed by atoms with van der Waals surface area (Å²) < 4.78 is 27.8. The maximum Gasteiger partial charge on any atom is 0.266 e. The van der Waals surface area contributed by atoms with E-state index >= 15 is 0 Å². The van der Waals surface area contributed by atoms with Crippen LogP contribution in [0.5, 0.6) is 5.75 Å². The zero-order valence-electron chi connectivity index (χ0n) is 17.9. The molecule has 0 spiro atoms. The second-order valence-electron chi connectivity index (χ2n) is 8.00. The van der Waals surface area contributed by atoms with Gasteiger partial charge in [0.2, 0.25) is 0 Å². The highest BCUT2D eigenvalue weighted by Crippen LogP contribution is 2.35. The van der Waals surface area contributed by atoms with Crippen LogP contribution in [-0.4, -0.2) is 45.6 Å². The van der Waals surface area contributed by atoms with Crippen molar-refractivity contribution in [2.45, 2.75) is 25.5 Å². The van der Waals surface area contributed by atoms with Crippen molar-refractivity contribution in [3.63, 3.8) is 0 Å². The van der Waals surface area contributed by atoms with E-state index in [4.69, 9.17) is 21.7 Å². The fourth-order valence-electron chi connectivity index (χ4n) is 4.18. The maximum atomic E-state index is 13.8. The minimum atomic E-state index is -0.374. The summed E-state index contributed by atoms with van der Waals surface area (Å²) >= 11 is 6.81. The number of fused-ring (bicyclic) bond motifs is 1. The number of rotatable bonds is 7. The van der Waals surface area contributed by atoms with Gasteiger partial charge in [-0.25, -0.2) is 4.39 Å². The molecule has 2 aliphatic heterocycles. The number of halogens is 1. The number of thioether (sulfide) groups is 1. The number of thiocarbonyl (C=S) groups is 1. The quantitative estimate of drug-likeness (QED) is 0.340. The molecule has 1 aromatic heterocycles. The number of carbonyl (C=O) groups is 1. The highest BCUT2D eigenvalue weighted by atomic mass is 32.2. The average molecular weight is 483 g/mol. The molecular formula is C25H23FN2O3S2. The number of nitrogens with zero attached hydrogens (tertiary/aromatic N) is 2. The molecule has 170 valence electrons. The van der Waals surface area contributed by atoms with E-state index in [1.807, 2.05) is 36.5 Å². The molecule has 8 heteroatoms. The Balaban J connectivity index is 1.35. The lowest BCUT2D eigenvalue weighted by molar-refractivity contribution is -0.123. The molecular weight excluding hydrogens is 459 g/mol. The fraction of sp³-hybridized carbons (Fsp3) is 0.280. The molecule has 5 nitrogen and oxygen atoms in total. The van der Waals surface area contributed by atoms with Gasteiger partial charge in [-0.1, -0.05) is 54.3 Å². The van der Waals surface area contributed by atoms with Gasteiger partial charge in [-0.05, 0) is 37.1 Å². The smallest absolute Gasteiger partial charge is 0.266 e. The lowest BCUT2D eigenvalue weighted by atomic mass is 10.1. The lowest BCUT2D eigenvalue weighted by Crippen LogP contribution is -2.35. The van der Waals surface area contributed by atoms with Crippen LogP contribution in [0.3, 0.4) is 0 Å². The first-order chi connectivity index (χ1) is 16.1. The fourth-order valence-corrected chi connectivity index (χ4v) is 5.45. The molecule has 2 aromatic carbocycles. The van der Waals surface area contributed by atoms with Crippen molar-refractivity contribution in [3.8, 4) is 5.75 Å². The third-order valence-electron chi connectivity index (χ3n) is 5.82. The van der Waals surface area contributed by atoms with Crippen LogP contribution in [-0.2, 0) is 16.1 Å². The molecule has 1 amide bonds. The van der Waals surface area contributed by atoms with E-state index in [0.717, 1.165) is 35.9 Å². The third-order valence-corrected chi connectivity index (χ3v) is 7.19. The van der Waals surface area contributed by atoms with E-state index in [0.29, 0.717) is 28.9 Å². The molecule has 2 fully saturated rings. The zero-order valence-corrected chi connectivity index (χ0v) is 19.5. The number of amides is 1. The monoisotopic (exact) mass is 482 g/mol. The van der Waals surface area contributed by atoms with Crippen LogP contribution in [0.25, 0.3) is 17.0 Å². The molecule has 2 saturated heterocycles. The van der Waals surface area contributed by atoms with Gasteiger partial charge < -0.3 is 14.0 Å². The Morgan fingerprint density at radius 2 is 2.03 bits per heavy atom. The Kier molecular flexibility index (Phi) is 6.48. The van der Waals surface area contributed by atoms with Gasteiger partial charge in [0.15, 0.2) is 11.6 Å². The van der Waals surface area contributed by atoms with Crippen LogP contribution in [0.4, 0.5) is 4.39 Å². The molecule has 2 aliphatic rings. The summed E-state index contributed by atoms with van der Waals surface area (Å²) in [6, 6.07) is 14.4. The van der Waals surface area contributed by atoms with E-state index in [-0.39, 0.29) is 23.6 Å². The molecule has 5 rings (SSSR count). The van der Waals surface area contributed by atoms with Crippen molar-refractivity contribution in [2.24, 2.45) is 0 Å². The first-order valence-corrected chi connectivity index (χ1v) is 12.1. The normalized spacial score (nSPS) is 19.8. The van der Waals surface area contributed by atoms with Gasteiger partial charge in [-0.15, -0.1) is 0 Å². The SMILES string of the molecule is O=C1/C(=C/c2cn(CCOc3ccccc3F)c3ccccc23)SC(=S)N1C[C@@H]1CCCO1. The van der Waals surface area contributed by atoms with Gasteiger partial charge in [0.1, 0.15) is 10.9 Å². The third kappa shape index (κ3) is 4.69. The van der Waals surface area contributed by atoms with Gasteiger partial charge >= 0.3 is 0 Å². The van der Waals surface area contributed by atoms with Crippen molar-refractivity contribution in [1.29, 1.82) is 0 Å². The van der Waals surface area contributed by atoms with E-state index in [1.54, 1.807) is 23.1 Å². The zero-order chi connectivity index (χ0) is 22.8. The van der Waals surface area contributed by atoms with Gasteiger partial charge in [-0.3, -0.25) is 9.69 Å². The Labute approximate surface area is 201 Å². The van der Waals surface area contributed by atoms with Crippen LogP contribution in [0, 0.1) is 5.82 Å². The summed E-state index contributed by atoms with van der Waals surface area (Å²) in [6.45, 7) is 2.12. The predicted octanol–water partition coefficient (Wildman–Crippen LogP) is 5.24. The molecule has 33 heavy (non-hydrogen) atoms. The molecule has 3 aromatic rings. The highest BCUT2D eigenvalue weighted by molar-refractivity contribution is 8.26. The van der Waals surface area contributed by atoms with Crippen molar-refractivity contribution in [3.05, 3.63) is 71.0 Å². The molecule has 1 atom stereocenters. The number of hydrogen-bond donors (Lipinski definition) is 0. The summed E-state index contributed by atoms with van der Waals surface area (Å²) in [5.41, 5.74) is 1.96. The Hall–Kier alpha value is -2.68. The lowest BCUT2D eigenvalue weighted by Gasteiger charge is -2.18. The second kappa shape index (κ2) is 9.67. The summed E-state index contributed by atoms with van der Waals surface area (Å²) in [6.07, 6.45) is 5.95. The van der Waals surface area contributed by atoms with E-state index < -0.39 is 0 Å². The number of aromatic nitrogens is 1. The van der Waals surface area contributed by atoms with Gasteiger partial charge in [-0.2, -0.15) is 0 Å². The average Bonchev–Trinajstić information content (AvgIpc) is 3.52. The van der Waals surface area contributed by atoms with Crippen LogP contribution < -0.4 is 4.74 Å². The standard InChI is InChI=1S/C25H23FN2O3S2/c26-20-8-2-4-10-22(20)31-13-11-27-15-17(19-7-1-3-9-21(19)27)14-23-24(29)28(25(32)33-23)16-18-6-5-12-30-18/h1-4,7-10,14-15,18H,5-6,11-13,16H2/b23-14-/t18-/m0/s1. The maximum absolute atomic E-state index is 13.8. The minimum Gasteiger partial charge on any atom is -0.489 e. The molecule has 3 heterocycles. The summed E-state index contributed by atoms with van der Waals surface area (Å²) in [4.78, 5) is 15.3. The topological polar surface area (TPSA) is 43.7 Å². The molecule has 0 aliphatic carbocycles. The van der Waals surface area contributed by atoms with Crippen LogP contribution in [0.15, 0.2) is 59.6 Å². The van der Waals surface area contributed by atoms with Crippen LogP contribution in [0.2, 0.25) is 0 Å². The first-order valence-electron chi connectivity index (χ1n) is 10.9. The van der Waals surface area contributed by atoms with Gasteiger partial charge in [0.05, 0.1) is 24.1 Å². The Morgan fingerprint density at radius 1 is 1.21 bits per heavy atom. The van der Waals surface area contributed by atoms with Crippen molar-refractivity contribution in [2.75, 3.05) is 19.8 Å². The summed E-state index contributed by atoms with van der Waals surface area (Å²) in [5, 5.41) is 1.03.